The highest BCUT2D eigenvalue weighted by Crippen LogP contribution is 2.28. The summed E-state index contributed by atoms with van der Waals surface area (Å²) in [4.78, 5) is 10.7. The highest BCUT2D eigenvalue weighted by molar-refractivity contribution is 7.80. The molecule has 146 valence electrons. The van der Waals surface area contributed by atoms with Crippen LogP contribution in [0.3, 0.4) is 0 Å². The van der Waals surface area contributed by atoms with Crippen molar-refractivity contribution in [2.75, 3.05) is 18.4 Å². The molecule has 0 unspecified atom stereocenters. The molecule has 1 saturated heterocycles. The molecular formula is C23H28N4S. The molecule has 2 aromatic carbocycles. The average Bonchev–Trinajstić information content (AvgIpc) is 3.07. The number of H-pyrrole nitrogens is 1. The Bertz CT molecular complexity index is 998. The quantitative estimate of drug-likeness (QED) is 0.575. The van der Waals surface area contributed by atoms with Gasteiger partial charge in [0.1, 0.15) is 5.82 Å². The summed E-state index contributed by atoms with van der Waals surface area (Å²) in [5, 5.41) is 4.25. The summed E-state index contributed by atoms with van der Waals surface area (Å²) in [7, 11) is 0. The Balaban J connectivity index is 1.50. The van der Waals surface area contributed by atoms with E-state index in [4.69, 9.17) is 17.2 Å². The van der Waals surface area contributed by atoms with Gasteiger partial charge in [-0.2, -0.15) is 0 Å². The molecule has 1 aliphatic rings. The maximum atomic E-state index is 5.73. The molecule has 0 radical (unpaired) electrons. The number of likely N-dealkylation sites (tertiary alicyclic amines) is 1. The van der Waals surface area contributed by atoms with Gasteiger partial charge in [0.2, 0.25) is 0 Å². The van der Waals surface area contributed by atoms with Gasteiger partial charge in [-0.1, -0.05) is 17.7 Å². The smallest absolute Gasteiger partial charge is 0.173 e. The number of aromatic nitrogens is 2. The van der Waals surface area contributed by atoms with Crippen molar-refractivity contribution in [1.29, 1.82) is 0 Å². The maximum absolute atomic E-state index is 5.73. The second kappa shape index (κ2) is 7.55. The number of nitrogens with one attached hydrogen (secondary N) is 2. The molecule has 0 spiro atoms. The third-order valence-corrected chi connectivity index (χ3v) is 6.19. The fourth-order valence-electron chi connectivity index (χ4n) is 4.02. The van der Waals surface area contributed by atoms with Crippen LogP contribution in [-0.4, -0.2) is 33.1 Å². The van der Waals surface area contributed by atoms with E-state index in [1.807, 2.05) is 0 Å². The van der Waals surface area contributed by atoms with Crippen molar-refractivity contribution in [3.63, 3.8) is 0 Å². The molecule has 1 aliphatic heterocycles. The molecule has 1 atom stereocenters. The number of hydrogen-bond donors (Lipinski definition) is 2. The van der Waals surface area contributed by atoms with E-state index in [2.05, 4.69) is 73.2 Å². The Hall–Kier alpha value is -2.40. The first-order valence-corrected chi connectivity index (χ1v) is 10.4. The number of anilines is 1. The van der Waals surface area contributed by atoms with Crippen LogP contribution in [0.1, 0.15) is 46.8 Å². The number of nitrogens with zero attached hydrogens (tertiary/aromatic N) is 2. The van der Waals surface area contributed by atoms with Crippen LogP contribution in [-0.2, 0) is 0 Å². The van der Waals surface area contributed by atoms with E-state index < -0.39 is 0 Å². The van der Waals surface area contributed by atoms with Gasteiger partial charge in [-0.25, -0.2) is 4.98 Å². The molecule has 0 saturated carbocycles. The molecule has 4 rings (SSSR count). The Morgan fingerprint density at radius 2 is 1.89 bits per heavy atom. The minimum Gasteiger partial charge on any atom is -0.348 e. The predicted molar refractivity (Wildman–Crippen MR) is 121 cm³/mol. The molecule has 0 aliphatic carbocycles. The number of imidazole rings is 1. The second-order valence-corrected chi connectivity index (χ2v) is 8.50. The summed E-state index contributed by atoms with van der Waals surface area (Å²) < 4.78 is 0. The lowest BCUT2D eigenvalue weighted by atomic mass is 9.98. The molecule has 2 N–H and O–H groups in total. The minimum absolute atomic E-state index is 0.376. The van der Waals surface area contributed by atoms with E-state index in [0.29, 0.717) is 5.92 Å². The lowest BCUT2D eigenvalue weighted by Gasteiger charge is -2.34. The lowest BCUT2D eigenvalue weighted by molar-refractivity contribution is 0.307. The maximum Gasteiger partial charge on any atom is 0.173 e. The van der Waals surface area contributed by atoms with Gasteiger partial charge < -0.3 is 15.2 Å². The fraction of sp³-hybridized carbons (Fsp3) is 0.391. The zero-order valence-electron chi connectivity index (χ0n) is 17.1. The van der Waals surface area contributed by atoms with E-state index in [1.54, 1.807) is 0 Å². The number of aromatic amines is 1. The number of thiocarbonyl (C=S) groups is 1. The number of fused-ring (bicyclic) bond motifs is 1. The van der Waals surface area contributed by atoms with Gasteiger partial charge >= 0.3 is 0 Å². The first-order chi connectivity index (χ1) is 13.4. The summed E-state index contributed by atoms with van der Waals surface area (Å²) in [5.41, 5.74) is 8.35. The molecule has 4 nitrogen and oxygen atoms in total. The molecule has 1 fully saturated rings. The largest absolute Gasteiger partial charge is 0.348 e. The van der Waals surface area contributed by atoms with Crippen LogP contribution < -0.4 is 5.32 Å². The zero-order chi connectivity index (χ0) is 19.8. The van der Waals surface area contributed by atoms with Crippen LogP contribution in [0.15, 0.2) is 30.3 Å². The zero-order valence-corrected chi connectivity index (χ0v) is 17.9. The number of piperidine rings is 1. The van der Waals surface area contributed by atoms with Crippen LogP contribution in [0.25, 0.3) is 11.0 Å². The highest BCUT2D eigenvalue weighted by Gasteiger charge is 2.25. The van der Waals surface area contributed by atoms with Crippen molar-refractivity contribution in [3.05, 3.63) is 58.4 Å². The summed E-state index contributed by atoms with van der Waals surface area (Å²) in [5.74, 6) is 1.46. The number of hydrogen-bond acceptors (Lipinski definition) is 2. The molecular weight excluding hydrogens is 364 g/mol. The van der Waals surface area contributed by atoms with Crippen molar-refractivity contribution in [2.45, 2.75) is 46.5 Å². The van der Waals surface area contributed by atoms with Crippen LogP contribution >= 0.6 is 12.2 Å². The minimum atomic E-state index is 0.376. The van der Waals surface area contributed by atoms with Crippen LogP contribution in [0.2, 0.25) is 0 Å². The molecule has 0 amide bonds. The van der Waals surface area contributed by atoms with Gasteiger partial charge in [0.05, 0.1) is 11.0 Å². The third kappa shape index (κ3) is 3.76. The van der Waals surface area contributed by atoms with Crippen molar-refractivity contribution >= 4 is 34.1 Å². The highest BCUT2D eigenvalue weighted by atomic mass is 32.1. The number of rotatable bonds is 2. The van der Waals surface area contributed by atoms with Gasteiger partial charge in [-0.3, -0.25) is 0 Å². The van der Waals surface area contributed by atoms with Crippen molar-refractivity contribution in [2.24, 2.45) is 0 Å². The SMILES string of the molecule is Cc1ccc(NC(=S)N2CCC[C@H](c3nc4cc(C)c(C)cc4[nH]3)C2)c(C)c1. The summed E-state index contributed by atoms with van der Waals surface area (Å²) in [6.07, 6.45) is 2.26. The molecule has 1 aromatic heterocycles. The van der Waals surface area contributed by atoms with E-state index in [-0.39, 0.29) is 0 Å². The molecule has 28 heavy (non-hydrogen) atoms. The van der Waals surface area contributed by atoms with E-state index in [1.165, 1.54) is 22.3 Å². The Kier molecular flexibility index (Phi) is 5.11. The van der Waals surface area contributed by atoms with Gasteiger partial charge in [0.15, 0.2) is 5.11 Å². The van der Waals surface area contributed by atoms with Gasteiger partial charge in [-0.05, 0) is 87.6 Å². The van der Waals surface area contributed by atoms with Crippen LogP contribution in [0.5, 0.6) is 0 Å². The van der Waals surface area contributed by atoms with Gasteiger partial charge in [-0.15, -0.1) is 0 Å². The molecule has 2 heterocycles. The van der Waals surface area contributed by atoms with Gasteiger partial charge in [0, 0.05) is 24.7 Å². The molecule has 3 aromatic rings. The predicted octanol–water partition coefficient (Wildman–Crippen LogP) is 5.37. The summed E-state index contributed by atoms with van der Waals surface area (Å²) >= 11 is 5.73. The van der Waals surface area contributed by atoms with E-state index in [0.717, 1.165) is 53.6 Å². The summed E-state index contributed by atoms with van der Waals surface area (Å²) in [6, 6.07) is 10.8. The topological polar surface area (TPSA) is 44.0 Å². The second-order valence-electron chi connectivity index (χ2n) is 8.11. The third-order valence-electron chi connectivity index (χ3n) is 5.83. The number of aryl methyl sites for hydroxylation is 4. The monoisotopic (exact) mass is 392 g/mol. The Morgan fingerprint density at radius 1 is 1.11 bits per heavy atom. The lowest BCUT2D eigenvalue weighted by Crippen LogP contribution is -2.41. The van der Waals surface area contributed by atoms with Crippen LogP contribution in [0, 0.1) is 27.7 Å². The van der Waals surface area contributed by atoms with Crippen LogP contribution in [0.4, 0.5) is 5.69 Å². The number of benzene rings is 2. The van der Waals surface area contributed by atoms with Crippen molar-refractivity contribution < 1.29 is 0 Å². The Morgan fingerprint density at radius 3 is 2.68 bits per heavy atom. The first kappa shape index (κ1) is 18.9. The fourth-order valence-corrected chi connectivity index (χ4v) is 4.29. The average molecular weight is 393 g/mol. The van der Waals surface area contributed by atoms with Crippen molar-refractivity contribution in [1.82, 2.24) is 14.9 Å². The van der Waals surface area contributed by atoms with E-state index in [9.17, 15) is 0 Å². The Labute approximate surface area is 172 Å². The first-order valence-electron chi connectivity index (χ1n) is 10.0. The summed E-state index contributed by atoms with van der Waals surface area (Å²) in [6.45, 7) is 10.4. The van der Waals surface area contributed by atoms with E-state index >= 15 is 0 Å². The molecule has 5 heteroatoms. The molecule has 0 bridgehead atoms. The standard InChI is InChI=1S/C23H28N4S/c1-14-7-8-19(17(4)10-14)26-23(28)27-9-5-6-18(13-27)22-24-20-11-15(2)16(3)12-21(20)25-22/h7-8,10-12,18H,5-6,9,13H2,1-4H3,(H,24,25)(H,26,28)/t18-/m0/s1. The van der Waals surface area contributed by atoms with Gasteiger partial charge in [0.25, 0.3) is 0 Å². The normalized spacial score (nSPS) is 17.1. The van der Waals surface area contributed by atoms with Crippen molar-refractivity contribution in [3.8, 4) is 0 Å².